The fraction of sp³-hybridized carbons (Fsp3) is 0.750. The third-order valence-electron chi connectivity index (χ3n) is 12.5. The highest BCUT2D eigenvalue weighted by atomic mass is 35.5. The lowest BCUT2D eigenvalue weighted by Crippen LogP contribution is -2.58. The van der Waals surface area contributed by atoms with Gasteiger partial charge in [0.15, 0.2) is 14.1 Å². The van der Waals surface area contributed by atoms with Crippen LogP contribution in [0.4, 0.5) is 0 Å². The van der Waals surface area contributed by atoms with Crippen LogP contribution in [0.5, 0.6) is 0 Å². The van der Waals surface area contributed by atoms with E-state index in [1.54, 1.807) is 6.92 Å². The molecular formula is C36H55ClO5Si. The molecule has 0 amide bonds. The molecule has 1 saturated heterocycles. The van der Waals surface area contributed by atoms with E-state index in [-0.39, 0.29) is 45.9 Å². The monoisotopic (exact) mass is 630 g/mol. The van der Waals surface area contributed by atoms with E-state index in [4.69, 9.17) is 30.2 Å². The zero-order chi connectivity index (χ0) is 31.3. The topological polar surface area (TPSA) is 54.0 Å². The summed E-state index contributed by atoms with van der Waals surface area (Å²) >= 11 is 6.14. The number of allylic oxidation sites excluding steroid dienone is 1. The maximum atomic E-state index is 12.7. The molecule has 0 N–H and O–H groups in total. The number of carbonyl (C=O) groups excluding carboxylic acids is 1. The van der Waals surface area contributed by atoms with Crippen molar-refractivity contribution in [2.45, 2.75) is 129 Å². The van der Waals surface area contributed by atoms with Crippen molar-refractivity contribution in [1.29, 1.82) is 0 Å². The normalized spacial score (nSPS) is 36.3. The predicted molar refractivity (Wildman–Crippen MR) is 176 cm³/mol. The zero-order valence-corrected chi connectivity index (χ0v) is 29.6. The number of benzene rings is 1. The van der Waals surface area contributed by atoms with Gasteiger partial charge < -0.3 is 18.6 Å². The first-order valence-electron chi connectivity index (χ1n) is 16.7. The van der Waals surface area contributed by atoms with Crippen LogP contribution >= 0.6 is 11.6 Å². The van der Waals surface area contributed by atoms with E-state index in [2.05, 4.69) is 72.0 Å². The molecule has 1 aromatic carbocycles. The van der Waals surface area contributed by atoms with Crippen LogP contribution < -0.4 is 0 Å². The van der Waals surface area contributed by atoms with Crippen molar-refractivity contribution >= 4 is 32.0 Å². The van der Waals surface area contributed by atoms with Crippen molar-refractivity contribution in [3.8, 4) is 0 Å². The molecule has 7 atom stereocenters. The van der Waals surface area contributed by atoms with Gasteiger partial charge in [0.1, 0.15) is 6.10 Å². The fourth-order valence-electron chi connectivity index (χ4n) is 8.90. The van der Waals surface area contributed by atoms with Crippen molar-refractivity contribution in [3.63, 3.8) is 0 Å². The van der Waals surface area contributed by atoms with E-state index in [1.165, 1.54) is 0 Å². The van der Waals surface area contributed by atoms with Gasteiger partial charge in [-0.15, -0.1) is 0 Å². The molecule has 7 heteroatoms. The number of ether oxygens (including phenoxy) is 3. The van der Waals surface area contributed by atoms with Gasteiger partial charge in [-0.2, -0.15) is 0 Å². The molecule has 1 aromatic rings. The van der Waals surface area contributed by atoms with Gasteiger partial charge in [-0.3, -0.25) is 4.79 Å². The van der Waals surface area contributed by atoms with Crippen LogP contribution in [0.15, 0.2) is 30.3 Å². The summed E-state index contributed by atoms with van der Waals surface area (Å²) in [7, 11) is -1.91. The molecule has 5 rings (SSSR count). The van der Waals surface area contributed by atoms with Crippen molar-refractivity contribution in [2.75, 3.05) is 13.2 Å². The molecule has 2 unspecified atom stereocenters. The summed E-state index contributed by atoms with van der Waals surface area (Å²) in [6.07, 6.45) is 12.8. The molecule has 43 heavy (non-hydrogen) atoms. The highest BCUT2D eigenvalue weighted by Crippen LogP contribution is 2.66. The van der Waals surface area contributed by atoms with Crippen molar-refractivity contribution in [2.24, 2.45) is 28.6 Å². The van der Waals surface area contributed by atoms with E-state index >= 15 is 0 Å². The van der Waals surface area contributed by atoms with Crippen molar-refractivity contribution < 1.29 is 23.4 Å². The Morgan fingerprint density at radius 2 is 1.67 bits per heavy atom. The maximum Gasteiger partial charge on any atom is 0.302 e. The number of rotatable bonds is 7. The van der Waals surface area contributed by atoms with Crippen molar-refractivity contribution in [3.05, 3.63) is 40.9 Å². The summed E-state index contributed by atoms with van der Waals surface area (Å²) in [5.74, 6) is 0.231. The molecule has 1 heterocycles. The van der Waals surface area contributed by atoms with Gasteiger partial charge in [-0.25, -0.2) is 0 Å². The molecule has 1 aliphatic heterocycles. The highest BCUT2D eigenvalue weighted by molar-refractivity contribution is 6.74. The summed E-state index contributed by atoms with van der Waals surface area (Å²) in [4.78, 5) is 12.7. The van der Waals surface area contributed by atoms with Gasteiger partial charge in [0.25, 0.3) is 0 Å². The van der Waals surface area contributed by atoms with Crippen LogP contribution in [0.1, 0.15) is 98.5 Å². The Balaban J connectivity index is 1.44. The molecule has 5 nitrogen and oxygen atoms in total. The molecular weight excluding hydrogens is 576 g/mol. The van der Waals surface area contributed by atoms with E-state index in [9.17, 15) is 4.79 Å². The van der Waals surface area contributed by atoms with E-state index in [0.29, 0.717) is 19.1 Å². The lowest BCUT2D eigenvalue weighted by Gasteiger charge is -2.57. The van der Waals surface area contributed by atoms with Crippen molar-refractivity contribution in [1.82, 2.24) is 0 Å². The first-order valence-corrected chi connectivity index (χ1v) is 19.9. The Morgan fingerprint density at radius 1 is 1.02 bits per heavy atom. The van der Waals surface area contributed by atoms with Crippen LogP contribution in [0, 0.1) is 28.6 Å². The maximum absolute atomic E-state index is 12.7. The van der Waals surface area contributed by atoms with Crippen LogP contribution in [0.25, 0.3) is 6.08 Å². The van der Waals surface area contributed by atoms with Gasteiger partial charge in [0, 0.05) is 41.7 Å². The second-order valence-electron chi connectivity index (χ2n) is 15.9. The third kappa shape index (κ3) is 6.30. The molecule has 240 valence electrons. The molecule has 4 aliphatic rings. The first kappa shape index (κ1) is 33.2. The predicted octanol–water partition coefficient (Wildman–Crippen LogP) is 9.44. The average Bonchev–Trinajstić information content (AvgIpc) is 3.52. The van der Waals surface area contributed by atoms with Gasteiger partial charge in [0.2, 0.25) is 0 Å². The Bertz CT molecular complexity index is 1170. The second-order valence-corrected chi connectivity index (χ2v) is 21.1. The SMILES string of the molecule is CC(=O)O[C@H]1C2CCC3(OCCO3)[C@@]2(C)CCC1[C@@]1(C)CC[C@H](O[Si](C)(C)C(C)(C)C)C[C@@H]1C/C=C\c1ccc(Cl)cc1. The molecule has 1 spiro atoms. The summed E-state index contributed by atoms with van der Waals surface area (Å²) in [6.45, 7) is 19.4. The minimum atomic E-state index is -1.91. The lowest BCUT2D eigenvalue weighted by atomic mass is 9.51. The molecule has 0 aromatic heterocycles. The third-order valence-corrected chi connectivity index (χ3v) is 17.3. The molecule has 0 radical (unpaired) electrons. The fourth-order valence-corrected chi connectivity index (χ4v) is 10.4. The Labute approximate surface area is 266 Å². The quantitative estimate of drug-likeness (QED) is 0.222. The molecule has 0 bridgehead atoms. The summed E-state index contributed by atoms with van der Waals surface area (Å²) < 4.78 is 26.1. The van der Waals surface area contributed by atoms with E-state index in [0.717, 1.165) is 62.0 Å². The molecule has 3 aliphatic carbocycles. The largest absolute Gasteiger partial charge is 0.462 e. The Morgan fingerprint density at radius 3 is 2.30 bits per heavy atom. The number of carbonyl (C=O) groups is 1. The Kier molecular flexibility index (Phi) is 9.42. The van der Waals surface area contributed by atoms with E-state index < -0.39 is 14.1 Å². The van der Waals surface area contributed by atoms with Gasteiger partial charge in [-0.1, -0.05) is 70.5 Å². The number of fused-ring (bicyclic) bond motifs is 2. The summed E-state index contributed by atoms with van der Waals surface area (Å²) in [5, 5.41) is 0.931. The number of esters is 1. The van der Waals surface area contributed by atoms with Gasteiger partial charge in [-0.05, 0) is 92.1 Å². The number of hydrogen-bond acceptors (Lipinski definition) is 5. The van der Waals surface area contributed by atoms with Gasteiger partial charge in [0.05, 0.1) is 13.2 Å². The van der Waals surface area contributed by atoms with Crippen LogP contribution in [-0.4, -0.2) is 45.5 Å². The van der Waals surface area contributed by atoms with E-state index in [1.807, 2.05) is 12.1 Å². The van der Waals surface area contributed by atoms with Crippen LogP contribution in [-0.2, 0) is 23.4 Å². The Hall–Kier alpha value is -1.18. The zero-order valence-electron chi connectivity index (χ0n) is 27.8. The molecule has 4 fully saturated rings. The van der Waals surface area contributed by atoms with Crippen LogP contribution in [0.2, 0.25) is 23.2 Å². The standard InChI is InChI=1S/C36H55ClO5Si/c1-25(38)41-32-30(17-20-35(6)31(32)18-21-36(35)39-22-23-40-36)34(5)19-16-29(42-43(7,8)33(2,3)4)24-27(34)11-9-10-26-12-14-28(37)15-13-26/h9-10,12-15,27,29-32H,11,16-24H2,1-8H3/b10-9-/t27-,29-,30?,31?,32+,34-,35-/m0/s1. The molecule has 3 saturated carbocycles. The number of hydrogen-bond donors (Lipinski definition) is 0. The van der Waals surface area contributed by atoms with Gasteiger partial charge >= 0.3 is 5.97 Å². The first-order chi connectivity index (χ1) is 20.1. The lowest BCUT2D eigenvalue weighted by molar-refractivity contribution is -0.252. The average molecular weight is 631 g/mol. The highest BCUT2D eigenvalue weighted by Gasteiger charge is 2.67. The summed E-state index contributed by atoms with van der Waals surface area (Å²) in [6, 6.07) is 8.04. The summed E-state index contributed by atoms with van der Waals surface area (Å²) in [5.41, 5.74) is 1.03. The smallest absolute Gasteiger partial charge is 0.302 e. The van der Waals surface area contributed by atoms with Crippen LogP contribution in [0.3, 0.4) is 0 Å². The minimum absolute atomic E-state index is 0.0201. The number of halogens is 1. The second kappa shape index (κ2) is 12.2. The minimum Gasteiger partial charge on any atom is -0.462 e.